The highest BCUT2D eigenvalue weighted by Crippen LogP contribution is 2.15. The number of benzene rings is 2. The van der Waals surface area contributed by atoms with Crippen molar-refractivity contribution in [1.29, 1.82) is 0 Å². The van der Waals surface area contributed by atoms with E-state index in [1.54, 1.807) is 0 Å². The van der Waals surface area contributed by atoms with Crippen LogP contribution in [0.1, 0.15) is 23.9 Å². The molecule has 3 aromatic rings. The third kappa shape index (κ3) is 3.46. The van der Waals surface area contributed by atoms with Crippen LogP contribution in [0.2, 0.25) is 0 Å². The van der Waals surface area contributed by atoms with Crippen molar-refractivity contribution in [2.75, 3.05) is 6.54 Å². The molecule has 1 amide bonds. The van der Waals surface area contributed by atoms with Crippen LogP contribution in [0.25, 0.3) is 11.0 Å². The van der Waals surface area contributed by atoms with E-state index in [4.69, 9.17) is 5.73 Å². The number of hydrogen-bond donors (Lipinski definition) is 2. The van der Waals surface area contributed by atoms with Crippen molar-refractivity contribution in [3.8, 4) is 0 Å². The molecule has 24 heavy (non-hydrogen) atoms. The molecule has 3 N–H and O–H groups in total. The van der Waals surface area contributed by atoms with Gasteiger partial charge in [-0.25, -0.2) is 4.98 Å². The summed E-state index contributed by atoms with van der Waals surface area (Å²) >= 11 is 0. The molecule has 1 heterocycles. The predicted molar refractivity (Wildman–Crippen MR) is 95.4 cm³/mol. The van der Waals surface area contributed by atoms with E-state index >= 15 is 0 Å². The maximum atomic E-state index is 12.1. The van der Waals surface area contributed by atoms with Gasteiger partial charge in [-0.2, -0.15) is 0 Å². The number of rotatable bonds is 6. The molecule has 0 bridgehead atoms. The Kier molecular flexibility index (Phi) is 4.91. The molecule has 0 radical (unpaired) electrons. The molecule has 0 saturated carbocycles. The van der Waals surface area contributed by atoms with Gasteiger partial charge in [0.2, 0.25) is 5.91 Å². The lowest BCUT2D eigenvalue weighted by atomic mass is 10.1. The lowest BCUT2D eigenvalue weighted by Crippen LogP contribution is -2.34. The van der Waals surface area contributed by atoms with E-state index in [1.165, 1.54) is 0 Å². The summed E-state index contributed by atoms with van der Waals surface area (Å²) in [5.41, 5.74) is 8.94. The Bertz CT molecular complexity index is 826. The number of aryl methyl sites for hydroxylation is 2. The first kappa shape index (κ1) is 16.2. The molecule has 0 fully saturated rings. The molecule has 2 aromatic carbocycles. The second-order valence-corrected chi connectivity index (χ2v) is 5.86. The zero-order valence-corrected chi connectivity index (χ0v) is 13.8. The fourth-order valence-electron chi connectivity index (χ4n) is 2.80. The van der Waals surface area contributed by atoms with Gasteiger partial charge in [-0.1, -0.05) is 42.5 Å². The van der Waals surface area contributed by atoms with Crippen molar-refractivity contribution in [2.24, 2.45) is 12.8 Å². The van der Waals surface area contributed by atoms with E-state index in [1.807, 2.05) is 55.6 Å². The summed E-state index contributed by atoms with van der Waals surface area (Å²) < 4.78 is 2.10. The Morgan fingerprint density at radius 3 is 2.62 bits per heavy atom. The van der Waals surface area contributed by atoms with Crippen LogP contribution in [-0.4, -0.2) is 22.0 Å². The number of carbonyl (C=O) groups is 1. The van der Waals surface area contributed by atoms with E-state index in [0.29, 0.717) is 6.54 Å². The highest BCUT2D eigenvalue weighted by molar-refractivity contribution is 5.82. The molecular formula is C19H22N4O. The minimum atomic E-state index is -0.623. The minimum absolute atomic E-state index is 0.147. The standard InChI is InChI=1S/C19H22N4O/c1-23-16-11-6-5-10-15(16)22-17(23)12-7-13-21-19(24)18(20)14-8-3-2-4-9-14/h2-6,8-11,18H,7,12-13,20H2,1H3,(H,21,24). The average molecular weight is 322 g/mol. The average Bonchev–Trinajstić information content (AvgIpc) is 2.95. The fourth-order valence-corrected chi connectivity index (χ4v) is 2.80. The van der Waals surface area contributed by atoms with Crippen LogP contribution in [0, 0.1) is 0 Å². The van der Waals surface area contributed by atoms with Crippen LogP contribution in [0.4, 0.5) is 0 Å². The first-order chi connectivity index (χ1) is 11.7. The van der Waals surface area contributed by atoms with E-state index in [0.717, 1.165) is 35.3 Å². The number of fused-ring (bicyclic) bond motifs is 1. The highest BCUT2D eigenvalue weighted by atomic mass is 16.2. The number of para-hydroxylation sites is 2. The molecule has 0 aliphatic carbocycles. The van der Waals surface area contributed by atoms with Gasteiger partial charge < -0.3 is 15.6 Å². The van der Waals surface area contributed by atoms with Crippen molar-refractivity contribution >= 4 is 16.9 Å². The van der Waals surface area contributed by atoms with Crippen LogP contribution in [-0.2, 0) is 18.3 Å². The fraction of sp³-hybridized carbons (Fsp3) is 0.263. The zero-order chi connectivity index (χ0) is 16.9. The van der Waals surface area contributed by atoms with Crippen molar-refractivity contribution in [2.45, 2.75) is 18.9 Å². The Morgan fingerprint density at radius 1 is 1.17 bits per heavy atom. The highest BCUT2D eigenvalue weighted by Gasteiger charge is 2.14. The van der Waals surface area contributed by atoms with E-state index in [2.05, 4.69) is 20.9 Å². The molecule has 0 aliphatic rings. The number of nitrogens with two attached hydrogens (primary N) is 1. The molecule has 1 atom stereocenters. The van der Waals surface area contributed by atoms with Crippen LogP contribution in [0.3, 0.4) is 0 Å². The zero-order valence-electron chi connectivity index (χ0n) is 13.8. The SMILES string of the molecule is Cn1c(CCCNC(=O)C(N)c2ccccc2)nc2ccccc21. The third-order valence-electron chi connectivity index (χ3n) is 4.20. The molecule has 124 valence electrons. The molecule has 1 aromatic heterocycles. The van der Waals surface area contributed by atoms with Crippen LogP contribution in [0.15, 0.2) is 54.6 Å². The van der Waals surface area contributed by atoms with Gasteiger partial charge >= 0.3 is 0 Å². The van der Waals surface area contributed by atoms with Gasteiger partial charge in [0.1, 0.15) is 11.9 Å². The second kappa shape index (κ2) is 7.27. The van der Waals surface area contributed by atoms with Crippen LogP contribution >= 0.6 is 0 Å². The predicted octanol–water partition coefficient (Wildman–Crippen LogP) is 2.32. The largest absolute Gasteiger partial charge is 0.354 e. The van der Waals surface area contributed by atoms with Crippen molar-refractivity contribution in [3.05, 3.63) is 66.0 Å². The first-order valence-corrected chi connectivity index (χ1v) is 8.15. The van der Waals surface area contributed by atoms with E-state index in [-0.39, 0.29) is 5.91 Å². The molecule has 0 saturated heterocycles. The summed E-state index contributed by atoms with van der Waals surface area (Å²) in [6, 6.07) is 16.9. The van der Waals surface area contributed by atoms with Gasteiger partial charge in [-0.3, -0.25) is 4.79 Å². The van der Waals surface area contributed by atoms with Gasteiger partial charge in [-0.15, -0.1) is 0 Å². The molecule has 0 aliphatic heterocycles. The van der Waals surface area contributed by atoms with Gasteiger partial charge in [0.05, 0.1) is 11.0 Å². The second-order valence-electron chi connectivity index (χ2n) is 5.86. The molecular weight excluding hydrogens is 300 g/mol. The Morgan fingerprint density at radius 2 is 1.88 bits per heavy atom. The number of hydrogen-bond acceptors (Lipinski definition) is 3. The number of imidazole rings is 1. The van der Waals surface area contributed by atoms with E-state index < -0.39 is 6.04 Å². The quantitative estimate of drug-likeness (QED) is 0.684. The summed E-state index contributed by atoms with van der Waals surface area (Å²) in [7, 11) is 2.02. The van der Waals surface area contributed by atoms with Gasteiger partial charge in [0.25, 0.3) is 0 Å². The lowest BCUT2D eigenvalue weighted by Gasteiger charge is -2.12. The Hall–Kier alpha value is -2.66. The smallest absolute Gasteiger partial charge is 0.241 e. The topological polar surface area (TPSA) is 72.9 Å². The number of amides is 1. The Balaban J connectivity index is 1.51. The van der Waals surface area contributed by atoms with Crippen LogP contribution < -0.4 is 11.1 Å². The first-order valence-electron chi connectivity index (χ1n) is 8.15. The van der Waals surface area contributed by atoms with Crippen molar-refractivity contribution in [1.82, 2.24) is 14.9 Å². The maximum absolute atomic E-state index is 12.1. The summed E-state index contributed by atoms with van der Waals surface area (Å²) in [5.74, 6) is 0.879. The molecule has 1 unspecified atom stereocenters. The van der Waals surface area contributed by atoms with E-state index in [9.17, 15) is 4.79 Å². The monoisotopic (exact) mass is 322 g/mol. The number of carbonyl (C=O) groups excluding carboxylic acids is 1. The number of aromatic nitrogens is 2. The minimum Gasteiger partial charge on any atom is -0.354 e. The summed E-state index contributed by atoms with van der Waals surface area (Å²) in [4.78, 5) is 16.7. The lowest BCUT2D eigenvalue weighted by molar-refractivity contribution is -0.122. The van der Waals surface area contributed by atoms with Crippen molar-refractivity contribution < 1.29 is 4.79 Å². The molecule has 0 spiro atoms. The molecule has 5 nitrogen and oxygen atoms in total. The molecule has 5 heteroatoms. The molecule has 3 rings (SSSR count). The normalized spacial score (nSPS) is 12.2. The Labute approximate surface area is 141 Å². The number of nitrogens with one attached hydrogen (secondary N) is 1. The third-order valence-corrected chi connectivity index (χ3v) is 4.20. The van der Waals surface area contributed by atoms with Gasteiger partial charge in [-0.05, 0) is 24.1 Å². The summed E-state index contributed by atoms with van der Waals surface area (Å²) in [6.07, 6.45) is 1.64. The van der Waals surface area contributed by atoms with Crippen LogP contribution in [0.5, 0.6) is 0 Å². The summed E-state index contributed by atoms with van der Waals surface area (Å²) in [5, 5.41) is 2.90. The number of nitrogens with zero attached hydrogens (tertiary/aromatic N) is 2. The van der Waals surface area contributed by atoms with Gasteiger partial charge in [0.15, 0.2) is 0 Å². The van der Waals surface area contributed by atoms with Crippen molar-refractivity contribution in [3.63, 3.8) is 0 Å². The summed E-state index contributed by atoms with van der Waals surface area (Å²) in [6.45, 7) is 0.586. The maximum Gasteiger partial charge on any atom is 0.241 e. The van der Waals surface area contributed by atoms with Gasteiger partial charge in [0, 0.05) is 20.0 Å².